The highest BCUT2D eigenvalue weighted by Gasteiger charge is 2.26. The van der Waals surface area contributed by atoms with Crippen molar-refractivity contribution in [2.45, 2.75) is 64.8 Å². The lowest BCUT2D eigenvalue weighted by Crippen LogP contribution is -2.36. The minimum Gasteiger partial charge on any atom is -0.348 e. The maximum absolute atomic E-state index is 13.2. The molecule has 174 valence electrons. The summed E-state index contributed by atoms with van der Waals surface area (Å²) >= 11 is 14.4. The summed E-state index contributed by atoms with van der Waals surface area (Å²) in [5, 5.41) is 9.02. The SMILES string of the molecule is CCCC=Cc1ccc(-c2c(C)c(C(=O)NC3CCCCC3)nn2-c2ccc(Cl)cc2Cl)s1. The molecular weight excluding hydrogens is 473 g/mol. The summed E-state index contributed by atoms with van der Waals surface area (Å²) in [5.74, 6) is -0.121. The molecule has 1 saturated carbocycles. The zero-order valence-corrected chi connectivity index (χ0v) is 21.4. The van der Waals surface area contributed by atoms with E-state index >= 15 is 0 Å². The Hall–Kier alpha value is -2.08. The van der Waals surface area contributed by atoms with Gasteiger partial charge in [-0.15, -0.1) is 11.3 Å². The molecule has 0 unspecified atom stereocenters. The van der Waals surface area contributed by atoms with Crippen molar-refractivity contribution in [3.8, 4) is 16.3 Å². The van der Waals surface area contributed by atoms with Gasteiger partial charge in [-0.1, -0.05) is 61.9 Å². The van der Waals surface area contributed by atoms with Crippen LogP contribution in [-0.2, 0) is 0 Å². The van der Waals surface area contributed by atoms with Crippen LogP contribution in [0.2, 0.25) is 10.0 Å². The normalized spacial score (nSPS) is 14.8. The molecule has 0 bridgehead atoms. The number of unbranched alkanes of at least 4 members (excludes halogenated alkanes) is 1. The zero-order chi connectivity index (χ0) is 23.4. The van der Waals surface area contributed by atoms with E-state index in [0.717, 1.165) is 54.7 Å². The van der Waals surface area contributed by atoms with Crippen LogP contribution in [0.4, 0.5) is 0 Å². The number of allylic oxidation sites excluding steroid dienone is 1. The van der Waals surface area contributed by atoms with Gasteiger partial charge >= 0.3 is 0 Å². The second kappa shape index (κ2) is 10.9. The van der Waals surface area contributed by atoms with E-state index in [9.17, 15) is 4.79 Å². The number of carbonyl (C=O) groups is 1. The van der Waals surface area contributed by atoms with Gasteiger partial charge in [0.1, 0.15) is 0 Å². The third-order valence-electron chi connectivity index (χ3n) is 6.01. The predicted molar refractivity (Wildman–Crippen MR) is 140 cm³/mol. The Morgan fingerprint density at radius 3 is 2.73 bits per heavy atom. The fourth-order valence-corrected chi connectivity index (χ4v) is 5.78. The Labute approximate surface area is 209 Å². The molecule has 1 aliphatic carbocycles. The summed E-state index contributed by atoms with van der Waals surface area (Å²) in [6.07, 6.45) is 12.1. The summed E-state index contributed by atoms with van der Waals surface area (Å²) < 4.78 is 1.79. The Morgan fingerprint density at radius 2 is 2.00 bits per heavy atom. The second-order valence-electron chi connectivity index (χ2n) is 8.53. The van der Waals surface area contributed by atoms with Gasteiger partial charge in [0.2, 0.25) is 0 Å². The van der Waals surface area contributed by atoms with Gasteiger partial charge in [-0.25, -0.2) is 4.68 Å². The molecule has 0 spiro atoms. The van der Waals surface area contributed by atoms with E-state index in [2.05, 4.69) is 36.5 Å². The van der Waals surface area contributed by atoms with Gasteiger partial charge in [-0.2, -0.15) is 5.10 Å². The third-order valence-corrected chi connectivity index (χ3v) is 7.61. The number of thiophene rings is 1. The van der Waals surface area contributed by atoms with Crippen LogP contribution in [0.1, 0.15) is 72.8 Å². The van der Waals surface area contributed by atoms with E-state index in [-0.39, 0.29) is 11.9 Å². The van der Waals surface area contributed by atoms with E-state index in [1.807, 2.05) is 13.0 Å². The second-order valence-corrected chi connectivity index (χ2v) is 10.5. The lowest BCUT2D eigenvalue weighted by Gasteiger charge is -2.22. The molecule has 0 saturated heterocycles. The highest BCUT2D eigenvalue weighted by atomic mass is 35.5. The molecule has 4 rings (SSSR count). The number of amides is 1. The molecule has 2 aromatic heterocycles. The molecule has 0 aliphatic heterocycles. The number of carbonyl (C=O) groups excluding carboxylic acids is 1. The summed E-state index contributed by atoms with van der Waals surface area (Å²) in [4.78, 5) is 15.4. The molecule has 1 aliphatic rings. The Morgan fingerprint density at radius 1 is 1.21 bits per heavy atom. The summed E-state index contributed by atoms with van der Waals surface area (Å²) in [5.41, 5.74) is 2.87. The van der Waals surface area contributed by atoms with E-state index in [0.29, 0.717) is 21.4 Å². The van der Waals surface area contributed by atoms with E-state index in [1.165, 1.54) is 11.3 Å². The lowest BCUT2D eigenvalue weighted by atomic mass is 9.95. The van der Waals surface area contributed by atoms with E-state index < -0.39 is 0 Å². The van der Waals surface area contributed by atoms with Crippen LogP contribution in [0.5, 0.6) is 0 Å². The minimum absolute atomic E-state index is 0.121. The first-order chi connectivity index (χ1) is 16.0. The molecule has 1 amide bonds. The summed E-state index contributed by atoms with van der Waals surface area (Å²) in [7, 11) is 0. The third kappa shape index (κ3) is 5.53. The monoisotopic (exact) mass is 501 g/mol. The Balaban J connectivity index is 1.75. The first-order valence-corrected chi connectivity index (χ1v) is 13.2. The quantitative estimate of drug-likeness (QED) is 0.355. The van der Waals surface area contributed by atoms with Crippen LogP contribution < -0.4 is 5.32 Å². The zero-order valence-electron chi connectivity index (χ0n) is 19.0. The number of hydrogen-bond acceptors (Lipinski definition) is 3. The van der Waals surface area contributed by atoms with Gasteiger partial charge in [0.15, 0.2) is 5.69 Å². The largest absolute Gasteiger partial charge is 0.348 e. The van der Waals surface area contributed by atoms with Gasteiger partial charge in [0, 0.05) is 21.5 Å². The van der Waals surface area contributed by atoms with Crippen molar-refractivity contribution in [1.82, 2.24) is 15.1 Å². The molecular formula is C26H29Cl2N3OS. The van der Waals surface area contributed by atoms with Crippen molar-refractivity contribution in [3.05, 3.63) is 62.6 Å². The topological polar surface area (TPSA) is 46.9 Å². The fourth-order valence-electron chi connectivity index (χ4n) is 4.26. The molecule has 1 aromatic carbocycles. The first-order valence-electron chi connectivity index (χ1n) is 11.6. The predicted octanol–water partition coefficient (Wildman–Crippen LogP) is 8.09. The van der Waals surface area contributed by atoms with Gasteiger partial charge in [-0.05, 0) is 62.6 Å². The summed E-state index contributed by atoms with van der Waals surface area (Å²) in [6.45, 7) is 4.13. The van der Waals surface area contributed by atoms with Crippen LogP contribution in [0.15, 0.2) is 36.4 Å². The van der Waals surface area contributed by atoms with E-state index in [4.69, 9.17) is 28.3 Å². The Bertz CT molecular complexity index is 1160. The van der Waals surface area contributed by atoms with Gasteiger partial charge < -0.3 is 5.32 Å². The van der Waals surface area contributed by atoms with Crippen molar-refractivity contribution >= 4 is 46.5 Å². The van der Waals surface area contributed by atoms with Crippen LogP contribution in [-0.4, -0.2) is 21.7 Å². The number of halogens is 2. The average Bonchev–Trinajstić information content (AvgIpc) is 3.39. The number of hydrogen-bond donors (Lipinski definition) is 1. The molecule has 1 fully saturated rings. The van der Waals surface area contributed by atoms with Crippen molar-refractivity contribution < 1.29 is 4.79 Å². The molecule has 33 heavy (non-hydrogen) atoms. The highest BCUT2D eigenvalue weighted by Crippen LogP contribution is 2.36. The number of nitrogens with one attached hydrogen (secondary N) is 1. The maximum atomic E-state index is 13.2. The molecule has 2 heterocycles. The van der Waals surface area contributed by atoms with Crippen molar-refractivity contribution in [2.75, 3.05) is 0 Å². The molecule has 4 nitrogen and oxygen atoms in total. The fraction of sp³-hybridized carbons (Fsp3) is 0.385. The maximum Gasteiger partial charge on any atom is 0.272 e. The first kappa shape index (κ1) is 24.1. The number of nitrogens with zero attached hydrogens (tertiary/aromatic N) is 2. The highest BCUT2D eigenvalue weighted by molar-refractivity contribution is 7.16. The standard InChI is InChI=1S/C26H29Cl2N3OS/c1-3-4-6-11-20-13-15-23(33-20)25-17(2)24(26(32)29-19-9-7-5-8-10-19)30-31(25)22-14-12-18(27)16-21(22)28/h6,11-16,19H,3-5,7-10H2,1-2H3,(H,29,32). The van der Waals surface area contributed by atoms with Crippen LogP contribution in [0, 0.1) is 6.92 Å². The molecule has 0 atom stereocenters. The Kier molecular flexibility index (Phi) is 7.94. The molecule has 3 aromatic rings. The molecule has 7 heteroatoms. The van der Waals surface area contributed by atoms with Crippen LogP contribution >= 0.6 is 34.5 Å². The smallest absolute Gasteiger partial charge is 0.272 e. The number of rotatable bonds is 7. The molecule has 0 radical (unpaired) electrons. The lowest BCUT2D eigenvalue weighted by molar-refractivity contribution is 0.0921. The minimum atomic E-state index is -0.121. The van der Waals surface area contributed by atoms with E-state index in [1.54, 1.807) is 28.2 Å². The molecule has 1 N–H and O–H groups in total. The van der Waals surface area contributed by atoms with Gasteiger partial charge in [0.05, 0.1) is 21.3 Å². The van der Waals surface area contributed by atoms with Crippen molar-refractivity contribution in [3.63, 3.8) is 0 Å². The van der Waals surface area contributed by atoms with Crippen LogP contribution in [0.25, 0.3) is 22.3 Å². The van der Waals surface area contributed by atoms with Gasteiger partial charge in [-0.3, -0.25) is 4.79 Å². The average molecular weight is 503 g/mol. The van der Waals surface area contributed by atoms with Crippen LogP contribution in [0.3, 0.4) is 0 Å². The van der Waals surface area contributed by atoms with Crippen molar-refractivity contribution in [1.29, 1.82) is 0 Å². The number of benzene rings is 1. The number of aromatic nitrogens is 2. The summed E-state index contributed by atoms with van der Waals surface area (Å²) in [6, 6.07) is 9.75. The van der Waals surface area contributed by atoms with Gasteiger partial charge in [0.25, 0.3) is 5.91 Å². The van der Waals surface area contributed by atoms with Crippen molar-refractivity contribution in [2.24, 2.45) is 0 Å².